The fourth-order valence-electron chi connectivity index (χ4n) is 2.78. The minimum Gasteiger partial charge on any atom is -0.492 e. The summed E-state index contributed by atoms with van der Waals surface area (Å²) in [5, 5.41) is 12.8. The van der Waals surface area contributed by atoms with Crippen LogP contribution in [-0.2, 0) is 17.8 Å². The highest BCUT2D eigenvalue weighted by molar-refractivity contribution is 9.10. The predicted octanol–water partition coefficient (Wildman–Crippen LogP) is 5.62. The zero-order valence-electron chi connectivity index (χ0n) is 16.8. The average Bonchev–Trinajstić information content (AvgIpc) is 3.13. The maximum Gasteiger partial charge on any atom is 0.234 e. The summed E-state index contributed by atoms with van der Waals surface area (Å²) in [5.41, 5.74) is 0.772. The van der Waals surface area contributed by atoms with Gasteiger partial charge in [-0.2, -0.15) is 0 Å². The van der Waals surface area contributed by atoms with E-state index in [-0.39, 0.29) is 11.7 Å². The number of halogens is 2. The lowest BCUT2D eigenvalue weighted by Gasteiger charge is -2.10. The van der Waals surface area contributed by atoms with Gasteiger partial charge in [-0.05, 0) is 52.7 Å². The lowest BCUT2D eigenvalue weighted by atomic mass is 10.3. The van der Waals surface area contributed by atoms with E-state index >= 15 is 0 Å². The Kier molecular flexibility index (Phi) is 8.99. The standard InChI is InChI=1S/C22H22BrClN4O2S/c1-2-12-28-20(9-6-13-30-19-11-10-16(24)14-18(19)23)26-27-22(28)31-15-21(29)25-17-7-4-3-5-8-17/h2-5,7-8,10-11,14H,1,6,9,12-13,15H2,(H,25,29). The summed E-state index contributed by atoms with van der Waals surface area (Å²) in [6, 6.07) is 14.8. The summed E-state index contributed by atoms with van der Waals surface area (Å²) in [6.45, 7) is 4.92. The lowest BCUT2D eigenvalue weighted by molar-refractivity contribution is -0.113. The summed E-state index contributed by atoms with van der Waals surface area (Å²) < 4.78 is 8.61. The molecular weight excluding hydrogens is 500 g/mol. The van der Waals surface area contributed by atoms with Crippen molar-refractivity contribution < 1.29 is 9.53 Å². The van der Waals surface area contributed by atoms with Gasteiger partial charge in [0, 0.05) is 23.7 Å². The average molecular weight is 522 g/mol. The van der Waals surface area contributed by atoms with Crippen molar-refractivity contribution >= 4 is 50.9 Å². The van der Waals surface area contributed by atoms with Gasteiger partial charge in [0.05, 0.1) is 16.8 Å². The Morgan fingerprint density at radius 2 is 2.06 bits per heavy atom. The molecule has 0 spiro atoms. The van der Waals surface area contributed by atoms with Crippen molar-refractivity contribution in [3.63, 3.8) is 0 Å². The molecule has 0 aliphatic carbocycles. The molecule has 9 heteroatoms. The first-order valence-corrected chi connectivity index (χ1v) is 11.8. The molecule has 0 aliphatic heterocycles. The van der Waals surface area contributed by atoms with Crippen molar-refractivity contribution in [3.8, 4) is 5.75 Å². The molecule has 0 radical (unpaired) electrons. The van der Waals surface area contributed by atoms with Gasteiger partial charge in [-0.25, -0.2) is 0 Å². The third kappa shape index (κ3) is 7.12. The molecule has 1 amide bonds. The summed E-state index contributed by atoms with van der Waals surface area (Å²) in [5.74, 6) is 1.74. The number of hydrogen-bond acceptors (Lipinski definition) is 5. The number of allylic oxidation sites excluding steroid dienone is 1. The van der Waals surface area contributed by atoms with Crippen LogP contribution >= 0.6 is 39.3 Å². The Bertz CT molecular complexity index is 1030. The Morgan fingerprint density at radius 3 is 2.81 bits per heavy atom. The summed E-state index contributed by atoms with van der Waals surface area (Å²) in [7, 11) is 0. The third-order valence-corrected chi connectivity index (χ3v) is 6.01. The van der Waals surface area contributed by atoms with Crippen LogP contribution in [0.1, 0.15) is 12.2 Å². The minimum atomic E-state index is -0.0900. The number of carbonyl (C=O) groups is 1. The van der Waals surface area contributed by atoms with Gasteiger partial charge < -0.3 is 14.6 Å². The van der Waals surface area contributed by atoms with Gasteiger partial charge in [0.2, 0.25) is 5.91 Å². The second-order valence-corrected chi connectivity index (χ2v) is 8.76. The number of rotatable bonds is 11. The zero-order chi connectivity index (χ0) is 22.1. The molecule has 1 N–H and O–H groups in total. The molecule has 3 rings (SSSR count). The van der Waals surface area contributed by atoms with E-state index in [1.807, 2.05) is 41.0 Å². The van der Waals surface area contributed by atoms with Gasteiger partial charge >= 0.3 is 0 Å². The molecule has 1 heterocycles. The number of thioether (sulfide) groups is 1. The SMILES string of the molecule is C=CCn1c(CCCOc2ccc(Cl)cc2Br)nnc1SCC(=O)Nc1ccccc1. The smallest absolute Gasteiger partial charge is 0.234 e. The van der Waals surface area contributed by atoms with E-state index in [0.29, 0.717) is 29.8 Å². The second kappa shape index (κ2) is 11.9. The molecule has 31 heavy (non-hydrogen) atoms. The molecule has 0 saturated carbocycles. The maximum absolute atomic E-state index is 12.2. The minimum absolute atomic E-state index is 0.0900. The predicted molar refractivity (Wildman–Crippen MR) is 129 cm³/mol. The van der Waals surface area contributed by atoms with Crippen LogP contribution in [0.5, 0.6) is 5.75 Å². The van der Waals surface area contributed by atoms with Crippen LogP contribution in [0, 0.1) is 0 Å². The van der Waals surface area contributed by atoms with Gasteiger partial charge in [0.1, 0.15) is 11.6 Å². The number of amides is 1. The molecule has 0 aliphatic rings. The third-order valence-electron chi connectivity index (χ3n) is 4.19. The van der Waals surface area contributed by atoms with Gasteiger partial charge in [0.15, 0.2) is 5.16 Å². The topological polar surface area (TPSA) is 69.0 Å². The molecule has 0 saturated heterocycles. The number of benzene rings is 2. The number of aromatic nitrogens is 3. The van der Waals surface area contributed by atoms with Crippen molar-refractivity contribution in [2.75, 3.05) is 17.7 Å². The Morgan fingerprint density at radius 1 is 1.26 bits per heavy atom. The number of anilines is 1. The largest absolute Gasteiger partial charge is 0.492 e. The first-order chi connectivity index (χ1) is 15.1. The number of carbonyl (C=O) groups excluding carboxylic acids is 1. The monoisotopic (exact) mass is 520 g/mol. The maximum atomic E-state index is 12.2. The molecule has 0 unspecified atom stereocenters. The highest BCUT2D eigenvalue weighted by Crippen LogP contribution is 2.28. The summed E-state index contributed by atoms with van der Waals surface area (Å²) >= 11 is 10.8. The fraction of sp³-hybridized carbons (Fsp3) is 0.227. The first kappa shape index (κ1) is 23.4. The lowest BCUT2D eigenvalue weighted by Crippen LogP contribution is -2.14. The Hall–Kier alpha value is -2.29. The summed E-state index contributed by atoms with van der Waals surface area (Å²) in [4.78, 5) is 12.2. The second-order valence-electron chi connectivity index (χ2n) is 6.53. The van der Waals surface area contributed by atoms with Crippen LogP contribution in [0.2, 0.25) is 5.02 Å². The van der Waals surface area contributed by atoms with E-state index in [1.54, 1.807) is 18.2 Å². The Balaban J connectivity index is 1.52. The highest BCUT2D eigenvalue weighted by atomic mass is 79.9. The van der Waals surface area contributed by atoms with Crippen LogP contribution in [0.15, 0.2) is 70.8 Å². The zero-order valence-corrected chi connectivity index (χ0v) is 19.9. The van der Waals surface area contributed by atoms with Crippen LogP contribution in [0.25, 0.3) is 0 Å². The number of hydrogen-bond donors (Lipinski definition) is 1. The molecule has 162 valence electrons. The van der Waals surface area contributed by atoms with Crippen LogP contribution in [0.3, 0.4) is 0 Å². The summed E-state index contributed by atoms with van der Waals surface area (Å²) in [6.07, 6.45) is 3.26. The molecule has 6 nitrogen and oxygen atoms in total. The van der Waals surface area contributed by atoms with Crippen molar-refractivity contribution in [3.05, 3.63) is 76.5 Å². The number of para-hydroxylation sites is 1. The highest BCUT2D eigenvalue weighted by Gasteiger charge is 2.14. The van der Waals surface area contributed by atoms with Crippen molar-refractivity contribution in [2.24, 2.45) is 0 Å². The van der Waals surface area contributed by atoms with Crippen molar-refractivity contribution in [1.82, 2.24) is 14.8 Å². The fourth-order valence-corrected chi connectivity index (χ4v) is 4.34. The number of ether oxygens (including phenoxy) is 1. The van der Waals surface area contributed by atoms with Gasteiger partial charge in [-0.1, -0.05) is 47.6 Å². The molecule has 1 aromatic heterocycles. The van der Waals surface area contributed by atoms with Gasteiger partial charge in [-0.15, -0.1) is 16.8 Å². The molecule has 0 fully saturated rings. The van der Waals surface area contributed by atoms with Crippen LogP contribution in [-0.4, -0.2) is 33.0 Å². The normalized spacial score (nSPS) is 10.6. The van der Waals surface area contributed by atoms with Gasteiger partial charge in [0.25, 0.3) is 0 Å². The van der Waals surface area contributed by atoms with Crippen molar-refractivity contribution in [2.45, 2.75) is 24.5 Å². The van der Waals surface area contributed by atoms with Crippen molar-refractivity contribution in [1.29, 1.82) is 0 Å². The van der Waals surface area contributed by atoms with E-state index in [1.165, 1.54) is 11.8 Å². The van der Waals surface area contributed by atoms with E-state index < -0.39 is 0 Å². The first-order valence-electron chi connectivity index (χ1n) is 9.65. The van der Waals surface area contributed by atoms with Crippen LogP contribution in [0.4, 0.5) is 5.69 Å². The van der Waals surface area contributed by atoms with E-state index in [0.717, 1.165) is 28.2 Å². The molecule has 3 aromatic rings. The van der Waals surface area contributed by atoms with E-state index in [2.05, 4.69) is 38.0 Å². The van der Waals surface area contributed by atoms with Gasteiger partial charge in [-0.3, -0.25) is 4.79 Å². The number of aryl methyl sites for hydroxylation is 1. The van der Waals surface area contributed by atoms with Crippen LogP contribution < -0.4 is 10.1 Å². The van der Waals surface area contributed by atoms with E-state index in [4.69, 9.17) is 16.3 Å². The van der Waals surface area contributed by atoms with E-state index in [9.17, 15) is 4.79 Å². The molecule has 0 bridgehead atoms. The quantitative estimate of drug-likeness (QED) is 0.201. The number of nitrogens with one attached hydrogen (secondary N) is 1. The Labute approximate surface area is 199 Å². The molecule has 0 atom stereocenters. The number of nitrogens with zero attached hydrogens (tertiary/aromatic N) is 3. The molecular formula is C22H22BrClN4O2S. The molecule has 2 aromatic carbocycles.